The predicted molar refractivity (Wildman–Crippen MR) is 81.4 cm³/mol. The zero-order chi connectivity index (χ0) is 15.4. The summed E-state index contributed by atoms with van der Waals surface area (Å²) >= 11 is 2.42. The number of nitrogens with zero attached hydrogens (tertiary/aromatic N) is 3. The van der Waals surface area contributed by atoms with Crippen molar-refractivity contribution in [2.75, 3.05) is 11.1 Å². The molecular formula is C11H11N5O3S2. The van der Waals surface area contributed by atoms with Crippen LogP contribution in [-0.4, -0.2) is 26.3 Å². The van der Waals surface area contributed by atoms with Gasteiger partial charge in [-0.15, -0.1) is 10.2 Å². The molecule has 1 amide bonds. The van der Waals surface area contributed by atoms with E-state index < -0.39 is 10.2 Å². The first-order valence-corrected chi connectivity index (χ1v) is 7.46. The van der Waals surface area contributed by atoms with Crippen LogP contribution in [0.1, 0.15) is 6.92 Å². The minimum Gasteiger partial charge on any atom is -0.374 e. The van der Waals surface area contributed by atoms with E-state index in [0.29, 0.717) is 15.2 Å². The molecule has 10 heteroatoms. The van der Waals surface area contributed by atoms with E-state index in [-0.39, 0.29) is 11.6 Å². The first-order chi connectivity index (χ1) is 9.95. The topological polar surface area (TPSA) is 124 Å². The molecule has 0 aliphatic heterocycles. The molecule has 0 spiro atoms. The number of hydrogen-bond acceptors (Lipinski definition) is 8. The molecule has 0 aliphatic rings. The Labute approximate surface area is 127 Å². The van der Waals surface area contributed by atoms with Crippen molar-refractivity contribution in [2.45, 2.75) is 16.5 Å². The molecule has 1 unspecified atom stereocenters. The molecule has 8 nitrogen and oxygen atoms in total. The molecule has 0 bridgehead atoms. The molecule has 110 valence electrons. The number of aromatic nitrogens is 2. The predicted octanol–water partition coefficient (Wildman–Crippen LogP) is 2.15. The van der Waals surface area contributed by atoms with Crippen LogP contribution in [0.3, 0.4) is 0 Å². The van der Waals surface area contributed by atoms with Gasteiger partial charge in [0.1, 0.15) is 0 Å². The first kappa shape index (κ1) is 15.2. The molecule has 2 aromatic rings. The van der Waals surface area contributed by atoms with Gasteiger partial charge in [-0.1, -0.05) is 29.2 Å². The molecule has 1 aromatic carbocycles. The minimum atomic E-state index is -0.516. The van der Waals surface area contributed by atoms with Crippen molar-refractivity contribution in [3.63, 3.8) is 0 Å². The number of nitrogens with two attached hydrogens (primary N) is 1. The smallest absolute Gasteiger partial charge is 0.271 e. The number of benzene rings is 1. The molecule has 0 radical (unpaired) electrons. The number of nitro groups is 1. The van der Waals surface area contributed by atoms with E-state index in [2.05, 4.69) is 15.5 Å². The number of carbonyl (C=O) groups is 1. The van der Waals surface area contributed by atoms with Gasteiger partial charge in [-0.2, -0.15) is 0 Å². The molecule has 1 aromatic heterocycles. The van der Waals surface area contributed by atoms with Gasteiger partial charge in [0, 0.05) is 17.8 Å². The Hall–Kier alpha value is -2.20. The highest BCUT2D eigenvalue weighted by Gasteiger charge is 2.17. The van der Waals surface area contributed by atoms with Crippen molar-refractivity contribution in [2.24, 2.45) is 0 Å². The van der Waals surface area contributed by atoms with Crippen LogP contribution >= 0.6 is 23.1 Å². The molecule has 2 rings (SSSR count). The third-order valence-electron chi connectivity index (χ3n) is 2.39. The molecular weight excluding hydrogens is 314 g/mol. The Morgan fingerprint density at radius 2 is 2.29 bits per heavy atom. The maximum absolute atomic E-state index is 12.0. The van der Waals surface area contributed by atoms with E-state index in [9.17, 15) is 14.9 Å². The van der Waals surface area contributed by atoms with E-state index in [1.807, 2.05) is 0 Å². The number of nitrogen functional groups attached to an aromatic ring is 1. The van der Waals surface area contributed by atoms with E-state index in [4.69, 9.17) is 5.73 Å². The molecule has 1 heterocycles. The third kappa shape index (κ3) is 4.13. The van der Waals surface area contributed by atoms with Gasteiger partial charge in [0.15, 0.2) is 4.34 Å². The number of rotatable bonds is 5. The van der Waals surface area contributed by atoms with Gasteiger partial charge in [-0.3, -0.25) is 14.9 Å². The van der Waals surface area contributed by atoms with Crippen molar-refractivity contribution in [1.29, 1.82) is 0 Å². The maximum atomic E-state index is 12.0. The highest BCUT2D eigenvalue weighted by Crippen LogP contribution is 2.28. The molecule has 3 N–H and O–H groups in total. The summed E-state index contributed by atoms with van der Waals surface area (Å²) in [6.45, 7) is 1.70. The van der Waals surface area contributed by atoms with Gasteiger partial charge in [0.25, 0.3) is 5.69 Å². The molecule has 21 heavy (non-hydrogen) atoms. The van der Waals surface area contributed by atoms with Gasteiger partial charge >= 0.3 is 0 Å². The fourth-order valence-corrected chi connectivity index (χ4v) is 3.19. The molecule has 1 atom stereocenters. The second-order valence-electron chi connectivity index (χ2n) is 3.96. The lowest BCUT2D eigenvalue weighted by molar-refractivity contribution is -0.384. The van der Waals surface area contributed by atoms with Gasteiger partial charge in [0.05, 0.1) is 10.2 Å². The highest BCUT2D eigenvalue weighted by atomic mass is 32.2. The fraction of sp³-hybridized carbons (Fsp3) is 0.182. The third-order valence-corrected chi connectivity index (χ3v) is 4.33. The van der Waals surface area contributed by atoms with Crippen LogP contribution in [0.5, 0.6) is 0 Å². The lowest BCUT2D eigenvalue weighted by Gasteiger charge is -2.09. The number of thioether (sulfide) groups is 1. The van der Waals surface area contributed by atoms with Crippen molar-refractivity contribution < 1.29 is 9.72 Å². The Kier molecular flexibility index (Phi) is 4.70. The quantitative estimate of drug-likeness (QED) is 0.490. The molecule has 0 saturated carbocycles. The lowest BCUT2D eigenvalue weighted by Crippen LogP contribution is -2.22. The van der Waals surface area contributed by atoms with Crippen molar-refractivity contribution in [3.8, 4) is 0 Å². The van der Waals surface area contributed by atoms with E-state index in [1.54, 1.807) is 13.0 Å². The number of nitro benzene ring substituents is 1. The Bertz CT molecular complexity index is 675. The molecule has 0 aliphatic carbocycles. The summed E-state index contributed by atoms with van der Waals surface area (Å²) < 4.78 is 0.592. The second kappa shape index (κ2) is 6.50. The minimum absolute atomic E-state index is 0.0787. The SMILES string of the molecule is CC(Sc1nnc(N)s1)C(=O)Nc1cccc([N+](=O)[O-])c1. The largest absolute Gasteiger partial charge is 0.374 e. The normalized spacial score (nSPS) is 11.9. The highest BCUT2D eigenvalue weighted by molar-refractivity contribution is 8.02. The number of amides is 1. The second-order valence-corrected chi connectivity index (χ2v) is 6.56. The van der Waals surface area contributed by atoms with Crippen LogP contribution in [0.15, 0.2) is 28.6 Å². The summed E-state index contributed by atoms with van der Waals surface area (Å²) in [7, 11) is 0. The number of anilines is 2. The maximum Gasteiger partial charge on any atom is 0.271 e. The molecule has 0 fully saturated rings. The Morgan fingerprint density at radius 1 is 1.52 bits per heavy atom. The number of non-ortho nitro benzene ring substituents is 1. The summed E-state index contributed by atoms with van der Waals surface area (Å²) in [5.41, 5.74) is 5.76. The van der Waals surface area contributed by atoms with Crippen LogP contribution < -0.4 is 11.1 Å². The van der Waals surface area contributed by atoms with Crippen molar-refractivity contribution in [1.82, 2.24) is 10.2 Å². The first-order valence-electron chi connectivity index (χ1n) is 5.76. The number of hydrogen-bond donors (Lipinski definition) is 2. The van der Waals surface area contributed by atoms with E-state index >= 15 is 0 Å². The average molecular weight is 325 g/mol. The van der Waals surface area contributed by atoms with Crippen LogP contribution in [0.4, 0.5) is 16.5 Å². The van der Waals surface area contributed by atoms with Crippen molar-refractivity contribution >= 4 is 45.5 Å². The standard InChI is InChI=1S/C11H11N5O3S2/c1-6(20-11-15-14-10(12)21-11)9(17)13-7-3-2-4-8(5-7)16(18)19/h2-6H,1H3,(H2,12,14)(H,13,17). The summed E-state index contributed by atoms with van der Waals surface area (Å²) in [5, 5.41) is 20.7. The molecule has 0 saturated heterocycles. The summed E-state index contributed by atoms with van der Waals surface area (Å²) in [5.74, 6) is -0.283. The van der Waals surface area contributed by atoms with Crippen LogP contribution in [-0.2, 0) is 4.79 Å². The lowest BCUT2D eigenvalue weighted by atomic mass is 10.2. The monoisotopic (exact) mass is 325 g/mol. The fourth-order valence-electron chi connectivity index (χ4n) is 1.41. The Balaban J connectivity index is 2.00. The van der Waals surface area contributed by atoms with Crippen LogP contribution in [0.2, 0.25) is 0 Å². The summed E-state index contributed by atoms with van der Waals surface area (Å²) in [6, 6.07) is 5.76. The summed E-state index contributed by atoms with van der Waals surface area (Å²) in [4.78, 5) is 22.2. The van der Waals surface area contributed by atoms with Crippen molar-refractivity contribution in [3.05, 3.63) is 34.4 Å². The van der Waals surface area contributed by atoms with Crippen LogP contribution in [0.25, 0.3) is 0 Å². The van der Waals surface area contributed by atoms with Crippen LogP contribution in [0, 0.1) is 10.1 Å². The van der Waals surface area contributed by atoms with E-state index in [1.165, 1.54) is 41.3 Å². The zero-order valence-corrected chi connectivity index (χ0v) is 12.5. The van der Waals surface area contributed by atoms with Gasteiger partial charge < -0.3 is 11.1 Å². The zero-order valence-electron chi connectivity index (χ0n) is 10.8. The average Bonchev–Trinajstić information content (AvgIpc) is 2.84. The Morgan fingerprint density at radius 3 is 2.90 bits per heavy atom. The van der Waals surface area contributed by atoms with Gasteiger partial charge in [-0.25, -0.2) is 0 Å². The summed E-state index contributed by atoms with van der Waals surface area (Å²) in [6.07, 6.45) is 0. The number of carbonyl (C=O) groups excluding carboxylic acids is 1. The van der Waals surface area contributed by atoms with Gasteiger partial charge in [0.2, 0.25) is 11.0 Å². The van der Waals surface area contributed by atoms with Gasteiger partial charge in [-0.05, 0) is 13.0 Å². The van der Waals surface area contributed by atoms with E-state index in [0.717, 1.165) is 0 Å². The number of nitrogens with one attached hydrogen (secondary N) is 1.